The number of guanidine groups is 1. The first-order valence-electron chi connectivity index (χ1n) is 8.50. The van der Waals surface area contributed by atoms with Crippen LogP contribution >= 0.6 is 0 Å². The predicted octanol–water partition coefficient (Wildman–Crippen LogP) is 3.14. The van der Waals surface area contributed by atoms with Gasteiger partial charge in [0.2, 0.25) is 5.89 Å². The number of aliphatic imine (C=N–C) groups is 1. The maximum Gasteiger partial charge on any atom is 0.269 e. The monoisotopic (exact) mass is 359 g/mol. The molecule has 26 heavy (non-hydrogen) atoms. The van der Waals surface area contributed by atoms with E-state index in [9.17, 15) is 10.1 Å². The van der Waals surface area contributed by atoms with E-state index < -0.39 is 4.92 Å². The van der Waals surface area contributed by atoms with Gasteiger partial charge in [-0.1, -0.05) is 32.9 Å². The number of nitro groups is 1. The zero-order valence-electron chi connectivity index (χ0n) is 15.6. The van der Waals surface area contributed by atoms with Gasteiger partial charge in [0.25, 0.3) is 5.69 Å². The van der Waals surface area contributed by atoms with Gasteiger partial charge in [-0.2, -0.15) is 0 Å². The smallest absolute Gasteiger partial charge is 0.269 e. The van der Waals surface area contributed by atoms with Crippen LogP contribution < -0.4 is 10.6 Å². The van der Waals surface area contributed by atoms with E-state index in [4.69, 9.17) is 4.42 Å². The molecule has 0 bridgehead atoms. The molecule has 0 spiro atoms. The molecule has 0 amide bonds. The van der Waals surface area contributed by atoms with Crippen LogP contribution in [0.15, 0.2) is 39.9 Å². The minimum Gasteiger partial charge on any atom is -0.443 e. The highest BCUT2D eigenvalue weighted by Crippen LogP contribution is 2.22. The van der Waals surface area contributed by atoms with Crippen molar-refractivity contribution >= 4 is 11.6 Å². The van der Waals surface area contributed by atoms with Crippen LogP contribution in [0.1, 0.15) is 44.9 Å². The molecule has 0 aliphatic carbocycles. The number of non-ortho nitro benzene ring substituents is 1. The summed E-state index contributed by atoms with van der Waals surface area (Å²) in [5, 5.41) is 17.1. The lowest BCUT2D eigenvalue weighted by Crippen LogP contribution is -2.36. The summed E-state index contributed by atoms with van der Waals surface area (Å²) in [5.41, 5.74) is 0.735. The number of aromatic nitrogens is 1. The molecule has 0 saturated carbocycles. The minimum atomic E-state index is -0.411. The van der Waals surface area contributed by atoms with E-state index in [1.54, 1.807) is 12.3 Å². The van der Waals surface area contributed by atoms with E-state index in [0.717, 1.165) is 11.3 Å². The average molecular weight is 359 g/mol. The van der Waals surface area contributed by atoms with Gasteiger partial charge < -0.3 is 15.1 Å². The van der Waals surface area contributed by atoms with E-state index in [1.165, 1.54) is 12.1 Å². The third-order valence-electron chi connectivity index (χ3n) is 3.59. The van der Waals surface area contributed by atoms with Gasteiger partial charge in [-0.15, -0.1) is 0 Å². The molecule has 0 radical (unpaired) electrons. The quantitative estimate of drug-likeness (QED) is 0.355. The molecular weight excluding hydrogens is 334 g/mol. The minimum absolute atomic E-state index is 0.0603. The van der Waals surface area contributed by atoms with Crippen molar-refractivity contribution in [3.8, 4) is 0 Å². The Balaban J connectivity index is 2.01. The Bertz CT molecular complexity index is 777. The Hall–Kier alpha value is -2.90. The third kappa shape index (κ3) is 5.58. The lowest BCUT2D eigenvalue weighted by Gasteiger charge is -2.13. The second kappa shape index (κ2) is 8.46. The lowest BCUT2D eigenvalue weighted by molar-refractivity contribution is -0.384. The summed E-state index contributed by atoms with van der Waals surface area (Å²) in [7, 11) is 0. The van der Waals surface area contributed by atoms with Crippen molar-refractivity contribution in [3.63, 3.8) is 0 Å². The van der Waals surface area contributed by atoms with Crippen LogP contribution in [0, 0.1) is 10.1 Å². The highest BCUT2D eigenvalue weighted by molar-refractivity contribution is 5.79. The van der Waals surface area contributed by atoms with Crippen molar-refractivity contribution in [1.29, 1.82) is 0 Å². The molecule has 0 saturated heterocycles. The summed E-state index contributed by atoms with van der Waals surface area (Å²) in [6.45, 7) is 9.58. The normalized spacial score (nSPS) is 12.1. The summed E-state index contributed by atoms with van der Waals surface area (Å²) in [6, 6.07) is 6.46. The molecule has 0 unspecified atom stereocenters. The number of oxazole rings is 1. The van der Waals surface area contributed by atoms with Crippen LogP contribution in [0.5, 0.6) is 0 Å². The molecule has 2 N–H and O–H groups in total. The maximum atomic E-state index is 10.9. The number of hydrogen-bond acceptors (Lipinski definition) is 5. The molecule has 0 fully saturated rings. The van der Waals surface area contributed by atoms with E-state index in [-0.39, 0.29) is 11.1 Å². The van der Waals surface area contributed by atoms with Crippen molar-refractivity contribution in [2.75, 3.05) is 6.54 Å². The van der Waals surface area contributed by atoms with Crippen LogP contribution in [0.25, 0.3) is 0 Å². The number of hydrogen-bond donors (Lipinski definition) is 2. The van der Waals surface area contributed by atoms with E-state index >= 15 is 0 Å². The van der Waals surface area contributed by atoms with Gasteiger partial charge in [-0.25, -0.2) is 9.98 Å². The van der Waals surface area contributed by atoms with Gasteiger partial charge in [-0.05, 0) is 12.5 Å². The predicted molar refractivity (Wildman–Crippen MR) is 100.0 cm³/mol. The molecule has 8 nitrogen and oxygen atoms in total. The summed E-state index contributed by atoms with van der Waals surface area (Å²) >= 11 is 0. The summed E-state index contributed by atoms with van der Waals surface area (Å²) in [6.07, 6.45) is 1.74. The van der Waals surface area contributed by atoms with E-state index in [1.807, 2.05) is 13.0 Å². The van der Waals surface area contributed by atoms with Gasteiger partial charge in [-0.3, -0.25) is 10.1 Å². The Morgan fingerprint density at radius 1 is 1.35 bits per heavy atom. The van der Waals surface area contributed by atoms with Crippen molar-refractivity contribution < 1.29 is 9.34 Å². The molecule has 0 aliphatic heterocycles. The second-order valence-electron chi connectivity index (χ2n) is 6.84. The molecule has 1 aromatic carbocycles. The Labute approximate surface area is 152 Å². The first-order valence-corrected chi connectivity index (χ1v) is 8.50. The van der Waals surface area contributed by atoms with Crippen LogP contribution in [0.3, 0.4) is 0 Å². The Morgan fingerprint density at radius 2 is 2.12 bits per heavy atom. The zero-order chi connectivity index (χ0) is 19.2. The van der Waals surface area contributed by atoms with Crippen molar-refractivity contribution in [2.24, 2.45) is 4.99 Å². The third-order valence-corrected chi connectivity index (χ3v) is 3.59. The Kier molecular flexibility index (Phi) is 6.32. The summed E-state index contributed by atoms with van der Waals surface area (Å²) in [4.78, 5) is 19.2. The molecule has 0 atom stereocenters. The summed E-state index contributed by atoms with van der Waals surface area (Å²) in [5.74, 6) is 2.00. The molecule has 2 aromatic rings. The van der Waals surface area contributed by atoms with Crippen LogP contribution in [0.4, 0.5) is 5.69 Å². The number of rotatable bonds is 6. The van der Waals surface area contributed by atoms with Crippen molar-refractivity contribution in [3.05, 3.63) is 57.8 Å². The van der Waals surface area contributed by atoms with Gasteiger partial charge >= 0.3 is 0 Å². The number of benzene rings is 1. The Morgan fingerprint density at radius 3 is 2.73 bits per heavy atom. The fraction of sp³-hybridized carbons (Fsp3) is 0.444. The maximum absolute atomic E-state index is 10.9. The van der Waals surface area contributed by atoms with Gasteiger partial charge in [0.15, 0.2) is 5.96 Å². The first kappa shape index (κ1) is 19.4. The zero-order valence-corrected chi connectivity index (χ0v) is 15.6. The standard InChI is InChI=1S/C18H25N5O3/c1-5-19-17(21-10-13-7-6-8-14(9-13)23(24)25)22-12-16-20-11-15(26-16)18(2,3)4/h6-9,11H,5,10,12H2,1-4H3,(H2,19,21,22). The highest BCUT2D eigenvalue weighted by atomic mass is 16.6. The lowest BCUT2D eigenvalue weighted by atomic mass is 9.94. The first-order chi connectivity index (χ1) is 12.3. The SMILES string of the molecule is CCNC(=NCc1cccc([N+](=O)[O-])c1)NCc1ncc(C(C)(C)C)o1. The van der Waals surface area contributed by atoms with Crippen molar-refractivity contribution in [2.45, 2.75) is 46.2 Å². The molecule has 140 valence electrons. The fourth-order valence-corrected chi connectivity index (χ4v) is 2.18. The van der Waals surface area contributed by atoms with E-state index in [2.05, 4.69) is 41.4 Å². The van der Waals surface area contributed by atoms with Gasteiger partial charge in [0.1, 0.15) is 5.76 Å². The molecule has 0 aliphatic rings. The fourth-order valence-electron chi connectivity index (χ4n) is 2.18. The largest absolute Gasteiger partial charge is 0.443 e. The molecule has 2 rings (SSSR count). The van der Waals surface area contributed by atoms with Gasteiger partial charge in [0.05, 0.1) is 24.2 Å². The van der Waals surface area contributed by atoms with Crippen LogP contribution in [-0.2, 0) is 18.5 Å². The van der Waals surface area contributed by atoms with Crippen LogP contribution in [0.2, 0.25) is 0 Å². The van der Waals surface area contributed by atoms with Gasteiger partial charge in [0, 0.05) is 24.1 Å². The molecular formula is C18H25N5O3. The number of nitro benzene ring substituents is 1. The van der Waals surface area contributed by atoms with Crippen LogP contribution in [-0.4, -0.2) is 22.4 Å². The molecule has 1 aromatic heterocycles. The second-order valence-corrected chi connectivity index (χ2v) is 6.84. The topological polar surface area (TPSA) is 106 Å². The molecule has 1 heterocycles. The number of nitrogens with one attached hydrogen (secondary N) is 2. The highest BCUT2D eigenvalue weighted by Gasteiger charge is 2.19. The average Bonchev–Trinajstić information content (AvgIpc) is 3.07. The van der Waals surface area contributed by atoms with Crippen molar-refractivity contribution in [1.82, 2.24) is 15.6 Å². The number of nitrogens with zero attached hydrogens (tertiary/aromatic N) is 3. The van der Waals surface area contributed by atoms with E-state index in [0.29, 0.717) is 31.5 Å². The summed E-state index contributed by atoms with van der Waals surface area (Å²) < 4.78 is 5.75. The molecule has 8 heteroatoms.